The smallest absolute Gasteiger partial charge is 0.226 e. The van der Waals surface area contributed by atoms with E-state index in [1.807, 2.05) is 36.1 Å². The SMILES string of the molecule is CCOc1ccc(-c2cnc(N3CCN(C=O)CC3)nc2-c2ccccc2F)cc1. The van der Waals surface area contributed by atoms with Gasteiger partial charge in [-0.3, -0.25) is 4.79 Å². The Bertz CT molecular complexity index is 1020. The van der Waals surface area contributed by atoms with E-state index in [0.717, 1.165) is 23.3 Å². The number of nitrogens with zero attached hydrogens (tertiary/aromatic N) is 4. The van der Waals surface area contributed by atoms with Crippen LogP contribution in [0.1, 0.15) is 6.92 Å². The van der Waals surface area contributed by atoms with Crippen molar-refractivity contribution in [1.82, 2.24) is 14.9 Å². The number of halogens is 1. The zero-order valence-corrected chi connectivity index (χ0v) is 16.8. The number of rotatable bonds is 6. The quantitative estimate of drug-likeness (QED) is 0.585. The highest BCUT2D eigenvalue weighted by Gasteiger charge is 2.21. The number of hydrogen-bond donors (Lipinski definition) is 0. The van der Waals surface area contributed by atoms with Gasteiger partial charge in [-0.25, -0.2) is 14.4 Å². The molecule has 1 aromatic heterocycles. The molecule has 0 saturated carbocycles. The topological polar surface area (TPSA) is 58.6 Å². The van der Waals surface area contributed by atoms with Gasteiger partial charge in [0.15, 0.2) is 0 Å². The van der Waals surface area contributed by atoms with Gasteiger partial charge in [0.05, 0.1) is 12.3 Å². The zero-order chi connectivity index (χ0) is 20.9. The summed E-state index contributed by atoms with van der Waals surface area (Å²) in [5, 5.41) is 0. The normalized spacial score (nSPS) is 13.9. The second-order valence-electron chi connectivity index (χ2n) is 7.00. The highest BCUT2D eigenvalue weighted by atomic mass is 19.1. The molecule has 2 aromatic carbocycles. The second-order valence-corrected chi connectivity index (χ2v) is 7.00. The number of anilines is 1. The molecule has 30 heavy (non-hydrogen) atoms. The minimum atomic E-state index is -0.333. The van der Waals surface area contributed by atoms with Crippen LogP contribution in [0.2, 0.25) is 0 Å². The minimum absolute atomic E-state index is 0.333. The Morgan fingerprint density at radius 1 is 1.03 bits per heavy atom. The molecule has 4 rings (SSSR count). The molecule has 154 valence electrons. The van der Waals surface area contributed by atoms with Gasteiger partial charge in [0.2, 0.25) is 12.4 Å². The Morgan fingerprint density at radius 3 is 2.43 bits per heavy atom. The van der Waals surface area contributed by atoms with Crippen molar-refractivity contribution in [2.24, 2.45) is 0 Å². The van der Waals surface area contributed by atoms with Gasteiger partial charge in [0, 0.05) is 43.5 Å². The van der Waals surface area contributed by atoms with E-state index < -0.39 is 0 Å². The molecule has 0 spiro atoms. The molecule has 3 aromatic rings. The summed E-state index contributed by atoms with van der Waals surface area (Å²) in [5.74, 6) is 0.980. The summed E-state index contributed by atoms with van der Waals surface area (Å²) >= 11 is 0. The number of hydrogen-bond acceptors (Lipinski definition) is 5. The molecule has 1 aliphatic heterocycles. The van der Waals surface area contributed by atoms with Gasteiger partial charge in [-0.2, -0.15) is 0 Å². The number of carbonyl (C=O) groups is 1. The van der Waals surface area contributed by atoms with E-state index in [1.54, 1.807) is 29.3 Å². The molecule has 0 atom stereocenters. The summed E-state index contributed by atoms with van der Waals surface area (Å²) in [4.78, 5) is 24.0. The Labute approximate surface area is 174 Å². The molecule has 0 radical (unpaired) electrons. The molecule has 2 heterocycles. The third-order valence-corrected chi connectivity index (χ3v) is 5.13. The maximum absolute atomic E-state index is 14.7. The van der Waals surface area contributed by atoms with Crippen molar-refractivity contribution >= 4 is 12.4 Å². The van der Waals surface area contributed by atoms with Crippen LogP contribution in [0.15, 0.2) is 54.7 Å². The van der Waals surface area contributed by atoms with E-state index in [0.29, 0.717) is 50.0 Å². The molecule has 0 bridgehead atoms. The second kappa shape index (κ2) is 8.90. The molecule has 7 heteroatoms. The number of piperazine rings is 1. The highest BCUT2D eigenvalue weighted by molar-refractivity contribution is 5.81. The van der Waals surface area contributed by atoms with Crippen LogP contribution in [0.25, 0.3) is 22.4 Å². The van der Waals surface area contributed by atoms with E-state index in [9.17, 15) is 9.18 Å². The molecule has 1 aliphatic rings. The van der Waals surface area contributed by atoms with E-state index >= 15 is 0 Å². The molecule has 1 saturated heterocycles. The maximum Gasteiger partial charge on any atom is 0.226 e. The first-order chi connectivity index (χ1) is 14.7. The molecule has 0 unspecified atom stereocenters. The van der Waals surface area contributed by atoms with Gasteiger partial charge in [0.25, 0.3) is 0 Å². The van der Waals surface area contributed by atoms with Gasteiger partial charge in [-0.1, -0.05) is 24.3 Å². The van der Waals surface area contributed by atoms with Crippen LogP contribution in [0.3, 0.4) is 0 Å². The summed E-state index contributed by atoms with van der Waals surface area (Å²) in [6.07, 6.45) is 2.60. The molecule has 0 N–H and O–H groups in total. The van der Waals surface area contributed by atoms with Crippen molar-refractivity contribution < 1.29 is 13.9 Å². The average molecular weight is 406 g/mol. The number of amides is 1. The van der Waals surface area contributed by atoms with E-state index in [2.05, 4.69) is 4.98 Å². The van der Waals surface area contributed by atoms with Crippen molar-refractivity contribution in [3.63, 3.8) is 0 Å². The van der Waals surface area contributed by atoms with Crippen LogP contribution in [-0.2, 0) is 4.79 Å². The van der Waals surface area contributed by atoms with Crippen LogP contribution in [0, 0.1) is 5.82 Å². The third kappa shape index (κ3) is 4.10. The molecular formula is C23H23FN4O2. The van der Waals surface area contributed by atoms with Gasteiger partial charge in [-0.15, -0.1) is 0 Å². The molecular weight excluding hydrogens is 383 g/mol. The van der Waals surface area contributed by atoms with Crippen molar-refractivity contribution in [2.75, 3.05) is 37.7 Å². The minimum Gasteiger partial charge on any atom is -0.494 e. The molecule has 6 nitrogen and oxygen atoms in total. The molecule has 1 amide bonds. The van der Waals surface area contributed by atoms with E-state index in [1.165, 1.54) is 6.07 Å². The van der Waals surface area contributed by atoms with E-state index in [-0.39, 0.29) is 5.82 Å². The summed E-state index contributed by atoms with van der Waals surface area (Å²) in [5.41, 5.74) is 2.60. The van der Waals surface area contributed by atoms with Crippen LogP contribution < -0.4 is 9.64 Å². The van der Waals surface area contributed by atoms with Crippen molar-refractivity contribution in [3.05, 3.63) is 60.5 Å². The first-order valence-electron chi connectivity index (χ1n) is 9.99. The summed E-state index contributed by atoms with van der Waals surface area (Å²) in [6.45, 7) is 5.03. The monoisotopic (exact) mass is 406 g/mol. The summed E-state index contributed by atoms with van der Waals surface area (Å²) < 4.78 is 20.2. The lowest BCUT2D eigenvalue weighted by molar-refractivity contribution is -0.118. The van der Waals surface area contributed by atoms with Gasteiger partial charge in [-0.05, 0) is 36.8 Å². The largest absolute Gasteiger partial charge is 0.494 e. The Hall–Kier alpha value is -3.48. The van der Waals surface area contributed by atoms with Crippen molar-refractivity contribution in [1.29, 1.82) is 0 Å². The van der Waals surface area contributed by atoms with Crippen molar-refractivity contribution in [3.8, 4) is 28.1 Å². The van der Waals surface area contributed by atoms with E-state index in [4.69, 9.17) is 9.72 Å². The highest BCUT2D eigenvalue weighted by Crippen LogP contribution is 2.33. The Morgan fingerprint density at radius 2 is 1.77 bits per heavy atom. The first-order valence-corrected chi connectivity index (χ1v) is 9.99. The van der Waals surface area contributed by atoms with Crippen molar-refractivity contribution in [2.45, 2.75) is 6.92 Å². The van der Waals surface area contributed by atoms with Gasteiger partial charge < -0.3 is 14.5 Å². The predicted octanol–water partition coefficient (Wildman–Crippen LogP) is 3.63. The first kappa shape index (κ1) is 19.8. The fourth-order valence-corrected chi connectivity index (χ4v) is 3.52. The van der Waals surface area contributed by atoms with Gasteiger partial charge >= 0.3 is 0 Å². The van der Waals surface area contributed by atoms with Crippen LogP contribution in [0.5, 0.6) is 5.75 Å². The maximum atomic E-state index is 14.7. The third-order valence-electron chi connectivity index (χ3n) is 5.13. The van der Waals surface area contributed by atoms with Crippen LogP contribution in [0.4, 0.5) is 10.3 Å². The van der Waals surface area contributed by atoms with Crippen LogP contribution >= 0.6 is 0 Å². The number of ether oxygens (including phenoxy) is 1. The fourth-order valence-electron chi connectivity index (χ4n) is 3.52. The Kier molecular flexibility index (Phi) is 5.88. The molecule has 0 aliphatic carbocycles. The number of aromatic nitrogens is 2. The predicted molar refractivity (Wildman–Crippen MR) is 114 cm³/mol. The fraction of sp³-hybridized carbons (Fsp3) is 0.261. The summed E-state index contributed by atoms with van der Waals surface area (Å²) in [7, 11) is 0. The molecule has 1 fully saturated rings. The Balaban J connectivity index is 1.74. The average Bonchev–Trinajstić information content (AvgIpc) is 2.80. The lowest BCUT2D eigenvalue weighted by Gasteiger charge is -2.32. The van der Waals surface area contributed by atoms with Crippen LogP contribution in [-0.4, -0.2) is 54.1 Å². The standard InChI is InChI=1S/C23H23FN4O2/c1-2-30-18-9-7-17(8-10-18)20-15-25-23(28-13-11-27(16-29)12-14-28)26-22(20)19-5-3-4-6-21(19)24/h3-10,15-16H,2,11-14H2,1H3. The number of carbonyl (C=O) groups excluding carboxylic acids is 1. The lowest BCUT2D eigenvalue weighted by atomic mass is 10.0. The zero-order valence-electron chi connectivity index (χ0n) is 16.8. The lowest BCUT2D eigenvalue weighted by Crippen LogP contribution is -2.46. The van der Waals surface area contributed by atoms with Gasteiger partial charge in [0.1, 0.15) is 11.6 Å². The summed E-state index contributed by atoms with van der Waals surface area (Å²) in [6, 6.07) is 14.2. The number of benzene rings is 2.